The van der Waals surface area contributed by atoms with Gasteiger partial charge in [0.1, 0.15) is 6.61 Å². The van der Waals surface area contributed by atoms with Crippen molar-refractivity contribution in [3.8, 4) is 11.5 Å². The predicted molar refractivity (Wildman–Crippen MR) is 99.0 cm³/mol. The first-order valence-electron chi connectivity index (χ1n) is 8.13. The zero-order valence-corrected chi connectivity index (χ0v) is 15.0. The van der Waals surface area contributed by atoms with Crippen molar-refractivity contribution in [2.45, 2.75) is 19.6 Å². The van der Waals surface area contributed by atoms with E-state index in [-0.39, 0.29) is 0 Å². The third-order valence-electron chi connectivity index (χ3n) is 3.68. The molecule has 0 fully saturated rings. The second kappa shape index (κ2) is 10.2. The second-order valence-electron chi connectivity index (χ2n) is 5.50. The van der Waals surface area contributed by atoms with Gasteiger partial charge in [0.15, 0.2) is 11.5 Å². The molecule has 0 aliphatic heterocycles. The zero-order valence-electron chi connectivity index (χ0n) is 14.3. The van der Waals surface area contributed by atoms with Crippen LogP contribution in [0.25, 0.3) is 0 Å². The van der Waals surface area contributed by atoms with Crippen LogP contribution in [0, 0.1) is 0 Å². The third-order valence-corrected chi connectivity index (χ3v) is 4.05. The van der Waals surface area contributed by atoms with Gasteiger partial charge in [-0.25, -0.2) is 0 Å². The molecule has 5 heteroatoms. The zero-order chi connectivity index (χ0) is 17.2. The molecule has 2 aromatic carbocycles. The van der Waals surface area contributed by atoms with Crippen LogP contribution < -0.4 is 20.1 Å². The summed E-state index contributed by atoms with van der Waals surface area (Å²) in [5, 5.41) is 7.26. The molecule has 0 atom stereocenters. The van der Waals surface area contributed by atoms with Gasteiger partial charge < -0.3 is 20.1 Å². The molecule has 4 nitrogen and oxygen atoms in total. The minimum atomic E-state index is 0.414. The molecule has 0 bridgehead atoms. The van der Waals surface area contributed by atoms with Gasteiger partial charge in [-0.2, -0.15) is 0 Å². The lowest BCUT2D eigenvalue weighted by molar-refractivity contribution is 0.284. The summed E-state index contributed by atoms with van der Waals surface area (Å²) in [5.74, 6) is 1.45. The molecule has 0 spiro atoms. The number of hydrogen-bond donors (Lipinski definition) is 2. The Bertz CT molecular complexity index is 635. The Kier molecular flexibility index (Phi) is 7.89. The minimum absolute atomic E-state index is 0.414. The summed E-state index contributed by atoms with van der Waals surface area (Å²) in [6.07, 6.45) is 1.10. The maximum absolute atomic E-state index is 6.16. The highest BCUT2D eigenvalue weighted by Crippen LogP contribution is 2.29. The van der Waals surface area contributed by atoms with Crippen LogP contribution in [0.15, 0.2) is 42.5 Å². The molecule has 0 aliphatic carbocycles. The van der Waals surface area contributed by atoms with Crippen molar-refractivity contribution in [1.29, 1.82) is 0 Å². The van der Waals surface area contributed by atoms with Crippen molar-refractivity contribution in [2.75, 3.05) is 27.2 Å². The van der Waals surface area contributed by atoms with Crippen LogP contribution in [0.5, 0.6) is 11.5 Å². The van der Waals surface area contributed by atoms with Gasteiger partial charge in [-0.3, -0.25) is 0 Å². The normalized spacial score (nSPS) is 10.6. The molecule has 130 valence electrons. The van der Waals surface area contributed by atoms with E-state index in [1.54, 1.807) is 7.11 Å². The van der Waals surface area contributed by atoms with Crippen molar-refractivity contribution in [3.63, 3.8) is 0 Å². The number of methoxy groups -OCH3 is 1. The summed E-state index contributed by atoms with van der Waals surface area (Å²) in [7, 11) is 3.62. The summed E-state index contributed by atoms with van der Waals surface area (Å²) in [4.78, 5) is 0. The van der Waals surface area contributed by atoms with E-state index in [0.717, 1.165) is 43.1 Å². The number of hydrogen-bond acceptors (Lipinski definition) is 4. The monoisotopic (exact) mass is 348 g/mol. The van der Waals surface area contributed by atoms with Crippen LogP contribution in [-0.2, 0) is 13.2 Å². The quantitative estimate of drug-likeness (QED) is 0.643. The molecule has 0 saturated heterocycles. The van der Waals surface area contributed by atoms with E-state index in [4.69, 9.17) is 21.1 Å². The fourth-order valence-corrected chi connectivity index (χ4v) is 2.53. The van der Waals surface area contributed by atoms with Gasteiger partial charge in [-0.15, -0.1) is 0 Å². The van der Waals surface area contributed by atoms with Crippen molar-refractivity contribution < 1.29 is 9.47 Å². The highest BCUT2D eigenvalue weighted by molar-refractivity contribution is 6.31. The molecule has 0 heterocycles. The minimum Gasteiger partial charge on any atom is -0.493 e. The molecule has 2 N–H and O–H groups in total. The van der Waals surface area contributed by atoms with E-state index < -0.39 is 0 Å². The fourth-order valence-electron chi connectivity index (χ4n) is 2.34. The first-order valence-corrected chi connectivity index (χ1v) is 8.51. The van der Waals surface area contributed by atoms with Crippen LogP contribution in [0.3, 0.4) is 0 Å². The molecule has 2 aromatic rings. The SMILES string of the molecule is CNCCCNCc1ccc(OCc2ccccc2Cl)c(OC)c1. The summed E-state index contributed by atoms with van der Waals surface area (Å²) >= 11 is 6.16. The average molecular weight is 349 g/mol. The Balaban J connectivity index is 1.92. The van der Waals surface area contributed by atoms with Crippen molar-refractivity contribution in [3.05, 3.63) is 58.6 Å². The molecule has 0 aromatic heterocycles. The predicted octanol–water partition coefficient (Wildman–Crippen LogP) is 3.63. The fraction of sp³-hybridized carbons (Fsp3) is 0.368. The Labute approximate surface area is 149 Å². The maximum atomic E-state index is 6.16. The van der Waals surface area contributed by atoms with Crippen LogP contribution in [0.4, 0.5) is 0 Å². The Hall–Kier alpha value is -1.75. The lowest BCUT2D eigenvalue weighted by Gasteiger charge is -2.13. The lowest BCUT2D eigenvalue weighted by Crippen LogP contribution is -2.19. The molecule has 0 amide bonds. The first kappa shape index (κ1) is 18.6. The Morgan fingerprint density at radius 2 is 1.88 bits per heavy atom. The largest absolute Gasteiger partial charge is 0.493 e. The smallest absolute Gasteiger partial charge is 0.161 e. The van der Waals surface area contributed by atoms with Crippen molar-refractivity contribution in [1.82, 2.24) is 10.6 Å². The standard InChI is InChI=1S/C19H25ClN2O2/c1-21-10-5-11-22-13-15-8-9-18(19(12-15)23-2)24-14-16-6-3-4-7-17(16)20/h3-4,6-9,12,21-22H,5,10-11,13-14H2,1-2H3. The van der Waals surface area contributed by atoms with E-state index in [2.05, 4.69) is 16.7 Å². The number of nitrogens with one attached hydrogen (secondary N) is 2. The van der Waals surface area contributed by atoms with Gasteiger partial charge in [0, 0.05) is 17.1 Å². The summed E-state index contributed by atoms with van der Waals surface area (Å²) in [6.45, 7) is 3.22. The van der Waals surface area contributed by atoms with Crippen LogP contribution in [-0.4, -0.2) is 27.2 Å². The summed E-state index contributed by atoms with van der Waals surface area (Å²) in [5.41, 5.74) is 2.12. The van der Waals surface area contributed by atoms with Crippen LogP contribution in [0.1, 0.15) is 17.5 Å². The topological polar surface area (TPSA) is 42.5 Å². The highest BCUT2D eigenvalue weighted by Gasteiger charge is 2.07. The average Bonchev–Trinajstić information content (AvgIpc) is 2.61. The van der Waals surface area contributed by atoms with E-state index in [0.29, 0.717) is 11.6 Å². The van der Waals surface area contributed by atoms with Crippen LogP contribution >= 0.6 is 11.6 Å². The van der Waals surface area contributed by atoms with Gasteiger partial charge in [-0.1, -0.05) is 35.9 Å². The first-order chi connectivity index (χ1) is 11.7. The Morgan fingerprint density at radius 3 is 2.62 bits per heavy atom. The Morgan fingerprint density at radius 1 is 1.04 bits per heavy atom. The molecular weight excluding hydrogens is 324 g/mol. The highest BCUT2D eigenvalue weighted by atomic mass is 35.5. The molecule has 2 rings (SSSR count). The maximum Gasteiger partial charge on any atom is 0.161 e. The second-order valence-corrected chi connectivity index (χ2v) is 5.91. The van der Waals surface area contributed by atoms with Gasteiger partial charge in [-0.05, 0) is 50.3 Å². The summed E-state index contributed by atoms with van der Waals surface area (Å²) in [6, 6.07) is 13.7. The molecule has 0 radical (unpaired) electrons. The van der Waals surface area contributed by atoms with Crippen molar-refractivity contribution >= 4 is 11.6 Å². The number of benzene rings is 2. The number of rotatable bonds is 10. The molecular formula is C19H25ClN2O2. The molecule has 0 saturated carbocycles. The van der Waals surface area contributed by atoms with Gasteiger partial charge in [0.25, 0.3) is 0 Å². The third kappa shape index (κ3) is 5.71. The van der Waals surface area contributed by atoms with Gasteiger partial charge >= 0.3 is 0 Å². The van der Waals surface area contributed by atoms with Gasteiger partial charge in [0.05, 0.1) is 7.11 Å². The molecule has 24 heavy (non-hydrogen) atoms. The van der Waals surface area contributed by atoms with E-state index in [9.17, 15) is 0 Å². The van der Waals surface area contributed by atoms with E-state index in [1.807, 2.05) is 43.4 Å². The van der Waals surface area contributed by atoms with Crippen LogP contribution in [0.2, 0.25) is 5.02 Å². The lowest BCUT2D eigenvalue weighted by atomic mass is 10.2. The summed E-state index contributed by atoms with van der Waals surface area (Å²) < 4.78 is 11.3. The van der Waals surface area contributed by atoms with Crippen molar-refractivity contribution in [2.24, 2.45) is 0 Å². The molecule has 0 aliphatic rings. The number of halogens is 1. The molecule has 0 unspecified atom stereocenters. The van der Waals surface area contributed by atoms with E-state index >= 15 is 0 Å². The number of ether oxygens (including phenoxy) is 2. The van der Waals surface area contributed by atoms with Gasteiger partial charge in [0.2, 0.25) is 0 Å². The van der Waals surface area contributed by atoms with E-state index in [1.165, 1.54) is 5.56 Å².